The normalized spacial score (nSPS) is 24.4. The molecule has 1 aliphatic rings. The lowest BCUT2D eigenvalue weighted by atomic mass is 10.0. The van der Waals surface area contributed by atoms with Gasteiger partial charge in [-0.3, -0.25) is 0 Å². The van der Waals surface area contributed by atoms with Crippen molar-refractivity contribution in [3.05, 3.63) is 28.2 Å². The van der Waals surface area contributed by atoms with Crippen LogP contribution in [0, 0.1) is 6.92 Å². The molecule has 1 fully saturated rings. The van der Waals surface area contributed by atoms with Crippen LogP contribution < -0.4 is 10.0 Å². The van der Waals surface area contributed by atoms with Crippen LogP contribution in [-0.4, -0.2) is 27.0 Å². The van der Waals surface area contributed by atoms with Crippen LogP contribution in [0.4, 0.5) is 0 Å². The third kappa shape index (κ3) is 2.93. The molecule has 6 heteroatoms. The van der Waals surface area contributed by atoms with Crippen molar-refractivity contribution in [2.75, 3.05) is 13.1 Å². The molecule has 0 spiro atoms. The number of rotatable bonds is 3. The lowest BCUT2D eigenvalue weighted by Gasteiger charge is -2.24. The van der Waals surface area contributed by atoms with E-state index in [9.17, 15) is 8.42 Å². The minimum atomic E-state index is -3.49. The largest absolute Gasteiger partial charge is 0.315 e. The zero-order valence-electron chi connectivity index (χ0n) is 10.5. The Labute approximate surface area is 116 Å². The van der Waals surface area contributed by atoms with Gasteiger partial charge in [-0.25, -0.2) is 13.1 Å². The smallest absolute Gasteiger partial charge is 0.242 e. The second-order valence-corrected chi connectivity index (χ2v) is 7.53. The zero-order valence-corrected chi connectivity index (χ0v) is 12.9. The molecule has 1 saturated heterocycles. The van der Waals surface area contributed by atoms with Gasteiger partial charge in [-0.15, -0.1) is 0 Å². The number of aryl methyl sites for hydroxylation is 1. The first-order valence-corrected chi connectivity index (χ1v) is 8.11. The molecule has 0 radical (unpaired) electrons. The SMILES string of the molecule is Cc1ccc(S(=O)(=O)NC2(C)CCNC2)c(Br)c1. The van der Waals surface area contributed by atoms with Crippen molar-refractivity contribution in [2.24, 2.45) is 0 Å². The van der Waals surface area contributed by atoms with E-state index in [1.807, 2.05) is 19.9 Å². The minimum Gasteiger partial charge on any atom is -0.315 e. The van der Waals surface area contributed by atoms with Gasteiger partial charge in [0.2, 0.25) is 10.0 Å². The predicted octanol–water partition coefficient (Wildman–Crippen LogP) is 1.79. The standard InChI is InChI=1S/C12H17BrN2O2S/c1-9-3-4-11(10(13)7-9)18(16,17)15-12(2)5-6-14-8-12/h3-4,7,14-15H,5-6,8H2,1-2H3. The molecule has 0 amide bonds. The van der Waals surface area contributed by atoms with E-state index in [1.165, 1.54) is 0 Å². The third-order valence-electron chi connectivity index (χ3n) is 3.13. The molecule has 0 aliphatic carbocycles. The van der Waals surface area contributed by atoms with Gasteiger partial charge in [0.1, 0.15) is 0 Å². The molecule has 100 valence electrons. The molecule has 2 N–H and O–H groups in total. The van der Waals surface area contributed by atoms with Crippen molar-refractivity contribution in [1.29, 1.82) is 0 Å². The summed E-state index contributed by atoms with van der Waals surface area (Å²) in [5, 5.41) is 3.17. The summed E-state index contributed by atoms with van der Waals surface area (Å²) in [6.07, 6.45) is 0.801. The Hall–Kier alpha value is -0.430. The maximum absolute atomic E-state index is 12.4. The van der Waals surface area contributed by atoms with Gasteiger partial charge in [0.05, 0.1) is 4.90 Å². The van der Waals surface area contributed by atoms with Crippen LogP contribution in [0.15, 0.2) is 27.6 Å². The highest BCUT2D eigenvalue weighted by atomic mass is 79.9. The van der Waals surface area contributed by atoms with Gasteiger partial charge in [-0.2, -0.15) is 0 Å². The average Bonchev–Trinajstić information content (AvgIpc) is 2.62. The molecular weight excluding hydrogens is 316 g/mol. The number of nitrogens with one attached hydrogen (secondary N) is 2. The summed E-state index contributed by atoms with van der Waals surface area (Å²) < 4.78 is 28.1. The Balaban J connectivity index is 2.30. The zero-order chi connectivity index (χ0) is 13.4. The first kappa shape index (κ1) is 14.0. The highest BCUT2D eigenvalue weighted by Crippen LogP contribution is 2.25. The molecule has 2 rings (SSSR count). The van der Waals surface area contributed by atoms with Crippen molar-refractivity contribution in [3.8, 4) is 0 Å². The Morgan fingerprint density at radius 3 is 2.72 bits per heavy atom. The van der Waals surface area contributed by atoms with E-state index in [-0.39, 0.29) is 0 Å². The van der Waals surface area contributed by atoms with E-state index < -0.39 is 15.6 Å². The summed E-state index contributed by atoms with van der Waals surface area (Å²) in [4.78, 5) is 0.293. The van der Waals surface area contributed by atoms with Crippen LogP contribution in [-0.2, 0) is 10.0 Å². The molecule has 1 atom stereocenters. The van der Waals surface area contributed by atoms with Crippen molar-refractivity contribution in [3.63, 3.8) is 0 Å². The maximum Gasteiger partial charge on any atom is 0.242 e. The molecular formula is C12H17BrN2O2S. The number of hydrogen-bond acceptors (Lipinski definition) is 3. The van der Waals surface area contributed by atoms with E-state index in [1.54, 1.807) is 12.1 Å². The summed E-state index contributed by atoms with van der Waals surface area (Å²) in [6.45, 7) is 5.35. The highest BCUT2D eigenvalue weighted by molar-refractivity contribution is 9.10. The monoisotopic (exact) mass is 332 g/mol. The van der Waals surface area contributed by atoms with E-state index in [0.29, 0.717) is 15.9 Å². The quantitative estimate of drug-likeness (QED) is 0.887. The molecule has 0 aromatic heterocycles. The van der Waals surface area contributed by atoms with Gasteiger partial charge >= 0.3 is 0 Å². The number of halogens is 1. The maximum atomic E-state index is 12.4. The van der Waals surface area contributed by atoms with Crippen LogP contribution in [0.1, 0.15) is 18.9 Å². The van der Waals surface area contributed by atoms with E-state index in [0.717, 1.165) is 18.5 Å². The molecule has 1 heterocycles. The minimum absolute atomic E-state index is 0.293. The summed E-state index contributed by atoms with van der Waals surface area (Å²) in [6, 6.07) is 5.24. The molecule has 1 aliphatic heterocycles. The van der Waals surface area contributed by atoms with Crippen molar-refractivity contribution in [2.45, 2.75) is 30.7 Å². The highest BCUT2D eigenvalue weighted by Gasteiger charge is 2.34. The Bertz CT molecular complexity index is 551. The van der Waals surface area contributed by atoms with Crippen LogP contribution in [0.3, 0.4) is 0 Å². The molecule has 0 bridgehead atoms. The van der Waals surface area contributed by atoms with Crippen LogP contribution >= 0.6 is 15.9 Å². The first-order chi connectivity index (χ1) is 8.32. The van der Waals surface area contributed by atoms with Crippen LogP contribution in [0.25, 0.3) is 0 Å². The predicted molar refractivity (Wildman–Crippen MR) is 75.1 cm³/mol. The van der Waals surface area contributed by atoms with Crippen molar-refractivity contribution < 1.29 is 8.42 Å². The number of hydrogen-bond donors (Lipinski definition) is 2. The lowest BCUT2D eigenvalue weighted by molar-refractivity contribution is 0.452. The third-order valence-corrected chi connectivity index (χ3v) is 5.74. The van der Waals surface area contributed by atoms with Crippen LogP contribution in [0.2, 0.25) is 0 Å². The average molecular weight is 333 g/mol. The van der Waals surface area contributed by atoms with Gasteiger partial charge in [0.25, 0.3) is 0 Å². The van der Waals surface area contributed by atoms with Gasteiger partial charge in [-0.1, -0.05) is 6.07 Å². The molecule has 1 aromatic carbocycles. The lowest BCUT2D eigenvalue weighted by Crippen LogP contribution is -2.47. The molecule has 4 nitrogen and oxygen atoms in total. The van der Waals surface area contributed by atoms with E-state index in [4.69, 9.17) is 0 Å². The molecule has 1 aromatic rings. The van der Waals surface area contributed by atoms with Gasteiger partial charge in [-0.05, 0) is 60.4 Å². The fourth-order valence-electron chi connectivity index (χ4n) is 2.11. The van der Waals surface area contributed by atoms with E-state index >= 15 is 0 Å². The Morgan fingerprint density at radius 2 is 2.17 bits per heavy atom. The summed E-state index contributed by atoms with van der Waals surface area (Å²) in [5.41, 5.74) is 0.623. The second kappa shape index (κ2) is 4.92. The topological polar surface area (TPSA) is 58.2 Å². The fourth-order valence-corrected chi connectivity index (χ4v) is 4.74. The molecule has 1 unspecified atom stereocenters. The van der Waals surface area contributed by atoms with Gasteiger partial charge in [0.15, 0.2) is 0 Å². The number of sulfonamides is 1. The number of benzene rings is 1. The molecule has 18 heavy (non-hydrogen) atoms. The van der Waals surface area contributed by atoms with Gasteiger partial charge in [0, 0.05) is 16.6 Å². The van der Waals surface area contributed by atoms with Crippen LogP contribution in [0.5, 0.6) is 0 Å². The fraction of sp³-hybridized carbons (Fsp3) is 0.500. The summed E-state index contributed by atoms with van der Waals surface area (Å²) in [5.74, 6) is 0. The summed E-state index contributed by atoms with van der Waals surface area (Å²) in [7, 11) is -3.49. The summed E-state index contributed by atoms with van der Waals surface area (Å²) >= 11 is 3.32. The first-order valence-electron chi connectivity index (χ1n) is 5.83. The second-order valence-electron chi connectivity index (χ2n) is 5.03. The molecule has 0 saturated carbocycles. The van der Waals surface area contributed by atoms with E-state index in [2.05, 4.69) is 26.0 Å². The van der Waals surface area contributed by atoms with Crippen molar-refractivity contribution >= 4 is 26.0 Å². The Kier molecular flexibility index (Phi) is 3.82. The van der Waals surface area contributed by atoms with Crippen molar-refractivity contribution in [1.82, 2.24) is 10.0 Å². The van der Waals surface area contributed by atoms with Gasteiger partial charge < -0.3 is 5.32 Å². The Morgan fingerprint density at radius 1 is 1.44 bits per heavy atom.